The average molecular weight is 544 g/mol. The first-order valence-corrected chi connectivity index (χ1v) is 11.9. The lowest BCUT2D eigenvalue weighted by atomic mass is 9.90. The van der Waals surface area contributed by atoms with Crippen molar-refractivity contribution in [2.24, 2.45) is 16.1 Å². The Morgan fingerprint density at radius 3 is 2.58 bits per heavy atom. The third kappa shape index (κ3) is 8.73. The molecule has 1 heterocycles. The second-order valence-electron chi connectivity index (χ2n) is 9.85. The van der Waals surface area contributed by atoms with Crippen LogP contribution in [0.2, 0.25) is 0 Å². The van der Waals surface area contributed by atoms with Crippen molar-refractivity contribution in [2.45, 2.75) is 58.5 Å². The van der Waals surface area contributed by atoms with Gasteiger partial charge in [0.05, 0.1) is 18.2 Å². The van der Waals surface area contributed by atoms with Crippen LogP contribution in [0.25, 0.3) is 10.9 Å². The zero-order valence-corrected chi connectivity index (χ0v) is 23.4. The summed E-state index contributed by atoms with van der Waals surface area (Å²) in [4.78, 5) is 26.9. The lowest BCUT2D eigenvalue weighted by Gasteiger charge is -2.30. The van der Waals surface area contributed by atoms with E-state index in [1.807, 2.05) is 39.0 Å². The summed E-state index contributed by atoms with van der Waals surface area (Å²) in [6.45, 7) is 7.40. The Hall–Kier alpha value is -2.20. The molecule has 1 aromatic carbocycles. The van der Waals surface area contributed by atoms with Crippen LogP contribution in [-0.4, -0.2) is 67.8 Å². The van der Waals surface area contributed by atoms with E-state index in [9.17, 15) is 4.79 Å². The molecule has 0 bridgehead atoms. The second-order valence-corrected chi connectivity index (χ2v) is 9.85. The molecule has 0 unspecified atom stereocenters. The minimum Gasteiger partial charge on any atom is -0.386 e. The second kappa shape index (κ2) is 14.5. The molecule has 0 aliphatic heterocycles. The van der Waals surface area contributed by atoms with Crippen molar-refractivity contribution in [3.63, 3.8) is 0 Å². The van der Waals surface area contributed by atoms with Crippen LogP contribution < -0.4 is 16.4 Å². The molecule has 202 valence electrons. The number of halogens is 2. The van der Waals surface area contributed by atoms with Crippen LogP contribution in [0.1, 0.15) is 55.7 Å². The number of hydrogen-bond donors (Lipinski definition) is 3. The Kier molecular flexibility index (Phi) is 12.8. The number of carbonyl (C=O) groups is 1. The first-order chi connectivity index (χ1) is 16.2. The highest BCUT2D eigenvalue weighted by molar-refractivity contribution is 5.96. The highest BCUT2D eigenvalue weighted by Gasteiger charge is 2.27. The van der Waals surface area contributed by atoms with Crippen molar-refractivity contribution < 1.29 is 14.3 Å². The molecular formula is C25H40Cl2N6O3. The number of hydrogen-bond acceptors (Lipinski definition) is 7. The van der Waals surface area contributed by atoms with Gasteiger partial charge < -0.3 is 25.8 Å². The Labute approximate surface area is 226 Å². The summed E-state index contributed by atoms with van der Waals surface area (Å²) in [7, 11) is 3.26. The summed E-state index contributed by atoms with van der Waals surface area (Å²) in [6, 6.07) is 6.03. The smallest absolute Gasteiger partial charge is 0.289 e. The number of nitrogens with zero attached hydrogens (tertiary/aromatic N) is 3. The number of aromatic nitrogens is 2. The third-order valence-electron chi connectivity index (χ3n) is 5.99. The number of nitrogens with two attached hydrogens (primary N) is 1. The van der Waals surface area contributed by atoms with Crippen LogP contribution >= 0.6 is 24.8 Å². The number of carbonyl (C=O) groups excluding carboxylic acids is 1. The molecule has 9 nitrogen and oxygen atoms in total. The van der Waals surface area contributed by atoms with E-state index in [1.165, 1.54) is 0 Å². The van der Waals surface area contributed by atoms with Crippen LogP contribution in [-0.2, 0) is 9.47 Å². The van der Waals surface area contributed by atoms with Gasteiger partial charge in [0.1, 0.15) is 18.3 Å². The zero-order valence-electron chi connectivity index (χ0n) is 21.8. The van der Waals surface area contributed by atoms with E-state index < -0.39 is 0 Å². The van der Waals surface area contributed by atoms with E-state index in [4.69, 9.17) is 20.2 Å². The van der Waals surface area contributed by atoms with Gasteiger partial charge >= 0.3 is 0 Å². The van der Waals surface area contributed by atoms with Crippen molar-refractivity contribution in [1.82, 2.24) is 15.3 Å². The van der Waals surface area contributed by atoms with Gasteiger partial charge in [0.2, 0.25) is 5.82 Å². The predicted molar refractivity (Wildman–Crippen MR) is 150 cm³/mol. The first kappa shape index (κ1) is 31.8. The maximum absolute atomic E-state index is 13.0. The molecule has 0 spiro atoms. The number of amidine groups is 1. The molecule has 0 radical (unpaired) electrons. The quantitative estimate of drug-likeness (QED) is 0.307. The summed E-state index contributed by atoms with van der Waals surface area (Å²) >= 11 is 0. The van der Waals surface area contributed by atoms with E-state index in [1.54, 1.807) is 14.2 Å². The van der Waals surface area contributed by atoms with Crippen molar-refractivity contribution in [3.05, 3.63) is 29.6 Å². The van der Waals surface area contributed by atoms with Gasteiger partial charge in [-0.3, -0.25) is 9.79 Å². The van der Waals surface area contributed by atoms with Crippen molar-refractivity contribution in [1.29, 1.82) is 0 Å². The summed E-state index contributed by atoms with van der Waals surface area (Å²) < 4.78 is 10.4. The lowest BCUT2D eigenvalue weighted by molar-refractivity contribution is 0.0839. The standard InChI is InChI=1S/C25H38N6O3.2ClH/c1-16-10-11-18-17(12-16)22(30-20-9-7-6-8-19(20)28-21(26)13-33-4)31-23(29-18)24(32)27-14-25(2,3)15-34-5;;/h10-12,19-20H,6-9,13-15H2,1-5H3,(H2,26,28)(H,27,32)(H,29,30,31);2*1H/t19-,20+;;/m1../s1. The Bertz CT molecular complexity index is 1030. The van der Waals surface area contributed by atoms with E-state index in [-0.39, 0.29) is 54.0 Å². The number of anilines is 1. The molecule has 1 aromatic heterocycles. The summed E-state index contributed by atoms with van der Waals surface area (Å²) in [5.74, 6) is 0.967. The molecule has 36 heavy (non-hydrogen) atoms. The van der Waals surface area contributed by atoms with Crippen LogP contribution in [0.5, 0.6) is 0 Å². The normalized spacial score (nSPS) is 18.2. The molecule has 4 N–H and O–H groups in total. The molecule has 2 aromatic rings. The minimum absolute atomic E-state index is 0. The highest BCUT2D eigenvalue weighted by Crippen LogP contribution is 2.28. The van der Waals surface area contributed by atoms with Gasteiger partial charge in [0.15, 0.2) is 0 Å². The maximum Gasteiger partial charge on any atom is 0.289 e. The van der Waals surface area contributed by atoms with Crippen molar-refractivity contribution in [2.75, 3.05) is 39.3 Å². The Balaban J connectivity index is 0.00000324. The maximum atomic E-state index is 13.0. The van der Waals surface area contributed by atoms with E-state index >= 15 is 0 Å². The number of ether oxygens (including phenoxy) is 2. The molecule has 1 aliphatic carbocycles. The molecule has 2 atom stereocenters. The van der Waals surface area contributed by atoms with Crippen molar-refractivity contribution >= 4 is 53.3 Å². The third-order valence-corrected chi connectivity index (χ3v) is 5.99. The summed E-state index contributed by atoms with van der Waals surface area (Å²) in [5.41, 5.74) is 7.66. The number of amides is 1. The molecular weight excluding hydrogens is 503 g/mol. The average Bonchev–Trinajstić information content (AvgIpc) is 2.79. The number of aryl methyl sites for hydroxylation is 1. The predicted octanol–water partition coefficient (Wildman–Crippen LogP) is 3.91. The molecule has 11 heteroatoms. The zero-order chi connectivity index (χ0) is 24.7. The van der Waals surface area contributed by atoms with E-state index in [0.29, 0.717) is 31.4 Å². The SMILES string of the molecule is COCC(N)=N[C@@H]1CCCC[C@@H]1Nc1nc(C(=O)NCC(C)(C)COC)nc2ccc(C)cc12.Cl.Cl. The minimum atomic E-state index is -0.308. The number of methoxy groups -OCH3 is 2. The molecule has 1 aliphatic rings. The number of benzene rings is 1. The van der Waals surface area contributed by atoms with Gasteiger partial charge in [-0.15, -0.1) is 24.8 Å². The fourth-order valence-corrected chi connectivity index (χ4v) is 4.30. The summed E-state index contributed by atoms with van der Waals surface area (Å²) in [5, 5.41) is 7.42. The monoisotopic (exact) mass is 542 g/mol. The van der Waals surface area contributed by atoms with Crippen LogP contribution in [0.15, 0.2) is 23.2 Å². The van der Waals surface area contributed by atoms with Crippen LogP contribution in [0, 0.1) is 12.3 Å². The largest absolute Gasteiger partial charge is 0.386 e. The highest BCUT2D eigenvalue weighted by atomic mass is 35.5. The lowest BCUT2D eigenvalue weighted by Crippen LogP contribution is -2.38. The topological polar surface area (TPSA) is 124 Å². The Morgan fingerprint density at radius 2 is 1.89 bits per heavy atom. The fraction of sp³-hybridized carbons (Fsp3) is 0.600. The number of nitrogens with one attached hydrogen (secondary N) is 2. The molecule has 1 fully saturated rings. The summed E-state index contributed by atoms with van der Waals surface area (Å²) in [6.07, 6.45) is 4.07. The fourth-order valence-electron chi connectivity index (χ4n) is 4.30. The van der Waals surface area contributed by atoms with Gasteiger partial charge in [0, 0.05) is 37.6 Å². The van der Waals surface area contributed by atoms with Crippen LogP contribution in [0.4, 0.5) is 5.82 Å². The number of rotatable bonds is 10. The molecule has 1 amide bonds. The molecule has 0 saturated heterocycles. The van der Waals surface area contributed by atoms with E-state index in [2.05, 4.69) is 20.6 Å². The number of aliphatic imine (C=N–C) groups is 1. The van der Waals surface area contributed by atoms with Crippen molar-refractivity contribution in [3.8, 4) is 0 Å². The van der Waals surface area contributed by atoms with Gasteiger partial charge in [-0.05, 0) is 31.9 Å². The first-order valence-electron chi connectivity index (χ1n) is 11.9. The van der Waals surface area contributed by atoms with Crippen LogP contribution in [0.3, 0.4) is 0 Å². The number of fused-ring (bicyclic) bond motifs is 1. The molecule has 3 rings (SSSR count). The van der Waals surface area contributed by atoms with E-state index in [0.717, 1.165) is 42.1 Å². The van der Waals surface area contributed by atoms with Gasteiger partial charge in [-0.2, -0.15) is 0 Å². The Morgan fingerprint density at radius 1 is 1.17 bits per heavy atom. The van der Waals surface area contributed by atoms with Gasteiger partial charge in [-0.25, -0.2) is 9.97 Å². The van der Waals surface area contributed by atoms with Gasteiger partial charge in [0.25, 0.3) is 5.91 Å². The molecule has 1 saturated carbocycles. The van der Waals surface area contributed by atoms with Gasteiger partial charge in [-0.1, -0.05) is 38.3 Å².